The minimum Gasteiger partial charge on any atom is -0.329 e. The number of halogens is 2. The molecule has 220 valence electrons. The van der Waals surface area contributed by atoms with E-state index in [1.807, 2.05) is 65.6 Å². The van der Waals surface area contributed by atoms with Gasteiger partial charge in [-0.25, -0.2) is 18.6 Å². The maximum absolute atomic E-state index is 14.8. The highest BCUT2D eigenvalue weighted by molar-refractivity contribution is 6.29. The van der Waals surface area contributed by atoms with Crippen molar-refractivity contribution >= 4 is 52.0 Å². The van der Waals surface area contributed by atoms with Crippen LogP contribution in [0, 0.1) is 41.2 Å². The zero-order valence-electron chi connectivity index (χ0n) is 23.5. The van der Waals surface area contributed by atoms with Crippen molar-refractivity contribution in [3.05, 3.63) is 126 Å². The van der Waals surface area contributed by atoms with E-state index in [2.05, 4.69) is 0 Å². The Labute approximate surface area is 256 Å². The highest BCUT2D eigenvalue weighted by atomic mass is 19.1. The molecule has 9 heteroatoms. The normalized spacial score (nSPS) is 29.2. The van der Waals surface area contributed by atoms with Gasteiger partial charge in [-0.1, -0.05) is 42.5 Å². The lowest BCUT2D eigenvalue weighted by Crippen LogP contribution is -2.68. The van der Waals surface area contributed by atoms with Crippen molar-refractivity contribution in [1.82, 2.24) is 0 Å². The molecule has 7 nitrogen and oxygen atoms in total. The van der Waals surface area contributed by atoms with Crippen molar-refractivity contribution in [3.63, 3.8) is 0 Å². The number of fused-ring (bicyclic) bond motifs is 1. The summed E-state index contributed by atoms with van der Waals surface area (Å²) in [6.45, 7) is 0. The van der Waals surface area contributed by atoms with Gasteiger partial charge in [0.25, 0.3) is 0 Å². The van der Waals surface area contributed by atoms with Crippen LogP contribution in [0.1, 0.15) is 5.56 Å². The van der Waals surface area contributed by atoms with Gasteiger partial charge >= 0.3 is 0 Å². The van der Waals surface area contributed by atoms with Gasteiger partial charge in [-0.2, -0.15) is 0 Å². The first kappa shape index (κ1) is 26.0. The Morgan fingerprint density at radius 1 is 0.533 bits per heavy atom. The largest absolute Gasteiger partial charge is 0.329 e. The number of nitrogens with zero attached hydrogens (tertiary/aromatic N) is 3. The van der Waals surface area contributed by atoms with Crippen molar-refractivity contribution in [3.8, 4) is 0 Å². The lowest BCUT2D eigenvalue weighted by atomic mass is 9.47. The second-order valence-electron chi connectivity index (χ2n) is 12.2. The third-order valence-corrected chi connectivity index (χ3v) is 10.3. The Morgan fingerprint density at radius 2 is 1.02 bits per heavy atom. The first-order valence-electron chi connectivity index (χ1n) is 14.8. The summed E-state index contributed by atoms with van der Waals surface area (Å²) in [5.41, 5.74) is 2.05. The van der Waals surface area contributed by atoms with Crippen LogP contribution in [0.5, 0.6) is 0 Å². The maximum Gasteiger partial charge on any atom is 0.240 e. The van der Waals surface area contributed by atoms with Gasteiger partial charge in [0.1, 0.15) is 11.6 Å². The van der Waals surface area contributed by atoms with E-state index in [0.717, 1.165) is 26.6 Å². The van der Waals surface area contributed by atoms with Gasteiger partial charge in [0.05, 0.1) is 40.6 Å². The van der Waals surface area contributed by atoms with Gasteiger partial charge in [0.15, 0.2) is 0 Å². The Morgan fingerprint density at radius 3 is 1.56 bits per heavy atom. The molecule has 45 heavy (non-hydrogen) atoms. The predicted octanol–water partition coefficient (Wildman–Crippen LogP) is 5.49. The summed E-state index contributed by atoms with van der Waals surface area (Å²) in [5, 5.41) is 0. The quantitative estimate of drug-likeness (QED) is 0.291. The van der Waals surface area contributed by atoms with Gasteiger partial charge in [0.2, 0.25) is 23.6 Å². The fourth-order valence-electron chi connectivity index (χ4n) is 8.79. The molecule has 3 fully saturated rings. The van der Waals surface area contributed by atoms with Crippen LogP contribution in [0.4, 0.5) is 31.5 Å². The van der Waals surface area contributed by atoms with Gasteiger partial charge in [0, 0.05) is 22.9 Å². The summed E-state index contributed by atoms with van der Waals surface area (Å²) in [6.07, 6.45) is 1.93. The summed E-state index contributed by atoms with van der Waals surface area (Å²) in [6, 6.07) is 27.3. The number of amides is 4. The summed E-state index contributed by atoms with van der Waals surface area (Å²) < 4.78 is 27.8. The highest BCUT2D eigenvalue weighted by Gasteiger charge is 2.80. The van der Waals surface area contributed by atoms with Gasteiger partial charge in [-0.05, 0) is 72.3 Å². The number of hydrogen-bond acceptors (Lipinski definition) is 5. The molecule has 3 aliphatic carbocycles. The molecule has 2 bridgehead atoms. The Kier molecular flexibility index (Phi) is 5.09. The highest BCUT2D eigenvalue weighted by Crippen LogP contribution is 2.71. The van der Waals surface area contributed by atoms with Crippen LogP contribution < -0.4 is 14.7 Å². The van der Waals surface area contributed by atoms with Crippen LogP contribution in [0.2, 0.25) is 0 Å². The summed E-state index contributed by atoms with van der Waals surface area (Å²) in [5.74, 6) is -7.70. The van der Waals surface area contributed by atoms with Crippen LogP contribution >= 0.6 is 0 Å². The molecule has 2 saturated heterocycles. The van der Waals surface area contributed by atoms with Crippen molar-refractivity contribution in [2.75, 3.05) is 14.7 Å². The molecule has 0 radical (unpaired) electrons. The van der Waals surface area contributed by atoms with E-state index < -0.39 is 70.4 Å². The Hall–Kier alpha value is -5.44. The molecule has 3 aliphatic heterocycles. The maximum atomic E-state index is 14.8. The number of carbonyl (C=O) groups excluding carboxylic acids is 4. The van der Waals surface area contributed by atoms with Crippen molar-refractivity contribution in [2.45, 2.75) is 5.54 Å². The molecular weight excluding hydrogens is 576 g/mol. The van der Waals surface area contributed by atoms with E-state index in [1.165, 1.54) is 48.5 Å². The standard InChI is InChI=1S/C36H23F2N3O4/c37-19-10-14-21(15-11-19)39-32(42)28-25-18-26-24-8-4-5-9-27(24)41(23-6-2-1-3-7-23)36(26,30(28)34(39)44)31-29(25)33(43)40(35(31)45)22-16-12-20(38)13-17-22/h1-18,25,28-31H. The Bertz CT molecular complexity index is 1920. The van der Waals surface area contributed by atoms with Crippen molar-refractivity contribution < 1.29 is 28.0 Å². The summed E-state index contributed by atoms with van der Waals surface area (Å²) >= 11 is 0. The summed E-state index contributed by atoms with van der Waals surface area (Å²) in [4.78, 5) is 62.5. The number of imide groups is 2. The molecule has 4 aromatic carbocycles. The molecular formula is C36H23F2N3O4. The van der Waals surface area contributed by atoms with Crippen LogP contribution in [0.25, 0.3) is 5.57 Å². The van der Waals surface area contributed by atoms with E-state index in [0.29, 0.717) is 5.69 Å². The minimum absolute atomic E-state index is 0.232. The van der Waals surface area contributed by atoms with Crippen LogP contribution in [-0.4, -0.2) is 29.2 Å². The van der Waals surface area contributed by atoms with E-state index in [4.69, 9.17) is 0 Å². The molecule has 6 aliphatic rings. The fourth-order valence-corrected chi connectivity index (χ4v) is 8.79. The average molecular weight is 600 g/mol. The van der Waals surface area contributed by atoms with Crippen molar-refractivity contribution in [2.24, 2.45) is 29.6 Å². The number of allylic oxidation sites excluding steroid dienone is 1. The number of hydrogen-bond donors (Lipinski definition) is 0. The first-order chi connectivity index (χ1) is 21.8. The SMILES string of the molecule is O=C1C2C3C=C4c5ccccc5N(c5ccccc5)C4(C2C(=O)N1c1ccc(F)cc1)C1C(=O)N(c2ccc(F)cc2)C(=O)C31. The molecule has 4 unspecified atom stereocenters. The van der Waals surface area contributed by atoms with E-state index in [-0.39, 0.29) is 11.4 Å². The van der Waals surface area contributed by atoms with Gasteiger partial charge in [-0.3, -0.25) is 19.2 Å². The molecule has 1 spiro atoms. The van der Waals surface area contributed by atoms with Crippen LogP contribution in [-0.2, 0) is 19.2 Å². The van der Waals surface area contributed by atoms with Crippen LogP contribution in [0.3, 0.4) is 0 Å². The molecule has 4 amide bonds. The van der Waals surface area contributed by atoms with Gasteiger partial charge in [-0.15, -0.1) is 0 Å². The molecule has 0 aromatic heterocycles. The number of rotatable bonds is 3. The lowest BCUT2D eigenvalue weighted by molar-refractivity contribution is -0.138. The molecule has 3 heterocycles. The molecule has 4 atom stereocenters. The zero-order chi connectivity index (χ0) is 30.8. The molecule has 0 N–H and O–H groups in total. The topological polar surface area (TPSA) is 78.0 Å². The van der Waals surface area contributed by atoms with E-state index in [9.17, 15) is 28.0 Å². The lowest BCUT2D eigenvalue weighted by Gasteiger charge is -2.57. The zero-order valence-corrected chi connectivity index (χ0v) is 23.5. The second kappa shape index (κ2) is 8.81. The third-order valence-electron chi connectivity index (χ3n) is 10.3. The fraction of sp³-hybridized carbons (Fsp3) is 0.167. The average Bonchev–Trinajstić information content (AvgIpc) is 3.62. The number of benzene rings is 4. The number of carbonyl (C=O) groups is 4. The Balaban J connectivity index is 1.32. The number of para-hydroxylation sites is 2. The number of anilines is 4. The second-order valence-corrected chi connectivity index (χ2v) is 12.2. The predicted molar refractivity (Wildman–Crippen MR) is 161 cm³/mol. The molecule has 1 saturated carbocycles. The van der Waals surface area contributed by atoms with Crippen molar-refractivity contribution in [1.29, 1.82) is 0 Å². The first-order valence-corrected chi connectivity index (χ1v) is 14.8. The smallest absolute Gasteiger partial charge is 0.240 e. The molecule has 10 rings (SSSR count). The van der Waals surface area contributed by atoms with E-state index in [1.54, 1.807) is 0 Å². The summed E-state index contributed by atoms with van der Waals surface area (Å²) in [7, 11) is 0. The third kappa shape index (κ3) is 3.07. The monoisotopic (exact) mass is 599 g/mol. The minimum atomic E-state index is -1.43. The van der Waals surface area contributed by atoms with Crippen LogP contribution in [0.15, 0.2) is 109 Å². The van der Waals surface area contributed by atoms with E-state index >= 15 is 0 Å². The molecule has 4 aromatic rings. The van der Waals surface area contributed by atoms with Gasteiger partial charge < -0.3 is 4.90 Å².